The molecule has 8 nitrogen and oxygen atoms in total. The summed E-state index contributed by atoms with van der Waals surface area (Å²) in [5.41, 5.74) is 1.74. The van der Waals surface area contributed by atoms with Gasteiger partial charge in [0, 0.05) is 36.5 Å². The summed E-state index contributed by atoms with van der Waals surface area (Å²) < 4.78 is 0. The number of amides is 2. The molecule has 9 heteroatoms. The number of hydrogen-bond donors (Lipinski definition) is 3. The molecule has 138 valence electrons. The number of carbonyl (C=O) groups excluding carboxylic acids is 2. The van der Waals surface area contributed by atoms with Crippen LogP contribution in [0.5, 0.6) is 0 Å². The van der Waals surface area contributed by atoms with Crippen LogP contribution in [0.25, 0.3) is 6.08 Å². The Bertz CT molecular complexity index is 910. The summed E-state index contributed by atoms with van der Waals surface area (Å²) in [6.07, 6.45) is 2.68. The zero-order valence-corrected chi connectivity index (χ0v) is 15.1. The number of hydrogen-bond acceptors (Lipinski definition) is 5. The second-order valence-electron chi connectivity index (χ2n) is 5.39. The van der Waals surface area contributed by atoms with E-state index in [1.165, 1.54) is 37.3 Å². The number of nitrogens with one attached hydrogen (secondary N) is 3. The Morgan fingerprint density at radius 1 is 1.07 bits per heavy atom. The standard InChI is InChI=1S/C18H16N4O4S/c1-12(23)19-14-6-8-15(9-7-14)20-18(27)21-17(24)10-5-13-3-2-4-16(11-13)22(25)26/h2-11H,1H3,(H,19,23)(H2,20,21,24,27)/b10-5+. The van der Waals surface area contributed by atoms with Gasteiger partial charge in [0.2, 0.25) is 11.8 Å². The molecule has 0 radical (unpaired) electrons. The summed E-state index contributed by atoms with van der Waals surface area (Å²) >= 11 is 5.06. The van der Waals surface area contributed by atoms with Crippen LogP contribution in [0, 0.1) is 10.1 Å². The molecule has 0 saturated carbocycles. The van der Waals surface area contributed by atoms with Gasteiger partial charge in [-0.05, 0) is 48.1 Å². The van der Waals surface area contributed by atoms with Gasteiger partial charge in [-0.15, -0.1) is 0 Å². The lowest BCUT2D eigenvalue weighted by atomic mass is 10.2. The molecule has 3 N–H and O–H groups in total. The Morgan fingerprint density at radius 2 is 1.70 bits per heavy atom. The molecule has 0 unspecified atom stereocenters. The van der Waals surface area contributed by atoms with Gasteiger partial charge in [-0.3, -0.25) is 25.0 Å². The largest absolute Gasteiger partial charge is 0.332 e. The predicted octanol–water partition coefficient (Wildman–Crippen LogP) is 3.08. The first-order valence-electron chi connectivity index (χ1n) is 7.75. The van der Waals surface area contributed by atoms with Crippen molar-refractivity contribution in [1.29, 1.82) is 0 Å². The summed E-state index contributed by atoms with van der Waals surface area (Å²) in [6.45, 7) is 1.41. The van der Waals surface area contributed by atoms with Crippen molar-refractivity contribution in [2.24, 2.45) is 0 Å². The van der Waals surface area contributed by atoms with Crippen molar-refractivity contribution in [3.63, 3.8) is 0 Å². The fourth-order valence-electron chi connectivity index (χ4n) is 2.07. The Labute approximate surface area is 160 Å². The van der Waals surface area contributed by atoms with Gasteiger partial charge >= 0.3 is 0 Å². The minimum absolute atomic E-state index is 0.0579. The third kappa shape index (κ3) is 6.67. The van der Waals surface area contributed by atoms with Gasteiger partial charge in [-0.1, -0.05) is 12.1 Å². The average molecular weight is 384 g/mol. The van der Waals surface area contributed by atoms with E-state index in [1.54, 1.807) is 30.3 Å². The van der Waals surface area contributed by atoms with Gasteiger partial charge in [0.1, 0.15) is 0 Å². The average Bonchev–Trinajstić information content (AvgIpc) is 2.61. The van der Waals surface area contributed by atoms with Crippen LogP contribution in [0.15, 0.2) is 54.6 Å². The number of benzene rings is 2. The van der Waals surface area contributed by atoms with Crippen molar-refractivity contribution in [2.45, 2.75) is 6.92 Å². The Balaban J connectivity index is 1.89. The molecule has 2 amide bonds. The zero-order chi connectivity index (χ0) is 19.8. The Morgan fingerprint density at radius 3 is 2.30 bits per heavy atom. The van der Waals surface area contributed by atoms with Crippen molar-refractivity contribution < 1.29 is 14.5 Å². The number of nitro groups is 1. The maximum absolute atomic E-state index is 11.9. The Hall–Kier alpha value is -3.59. The van der Waals surface area contributed by atoms with E-state index in [-0.39, 0.29) is 16.7 Å². The van der Waals surface area contributed by atoms with Crippen LogP contribution in [0.3, 0.4) is 0 Å². The predicted molar refractivity (Wildman–Crippen MR) is 107 cm³/mol. The van der Waals surface area contributed by atoms with E-state index in [4.69, 9.17) is 12.2 Å². The monoisotopic (exact) mass is 384 g/mol. The van der Waals surface area contributed by atoms with Crippen LogP contribution >= 0.6 is 12.2 Å². The number of thiocarbonyl (C=S) groups is 1. The molecule has 27 heavy (non-hydrogen) atoms. The molecule has 0 fully saturated rings. The molecule has 2 aromatic carbocycles. The van der Waals surface area contributed by atoms with Gasteiger partial charge in [-0.2, -0.15) is 0 Å². The number of nitro benzene ring substituents is 1. The first kappa shape index (κ1) is 19.7. The van der Waals surface area contributed by atoms with Gasteiger partial charge in [0.25, 0.3) is 5.69 Å². The lowest BCUT2D eigenvalue weighted by Crippen LogP contribution is -2.32. The molecular formula is C18H16N4O4S. The molecule has 0 aromatic heterocycles. The fourth-order valence-corrected chi connectivity index (χ4v) is 2.29. The van der Waals surface area contributed by atoms with E-state index in [9.17, 15) is 19.7 Å². The summed E-state index contributed by atoms with van der Waals surface area (Å²) in [7, 11) is 0. The van der Waals surface area contributed by atoms with E-state index in [0.717, 1.165) is 0 Å². The maximum atomic E-state index is 11.9. The third-order valence-corrected chi connectivity index (χ3v) is 3.41. The number of non-ortho nitro benzene ring substituents is 1. The molecule has 2 aromatic rings. The highest BCUT2D eigenvalue weighted by Gasteiger charge is 2.05. The molecule has 0 atom stereocenters. The van der Waals surface area contributed by atoms with Gasteiger partial charge in [-0.25, -0.2) is 0 Å². The maximum Gasteiger partial charge on any atom is 0.270 e. The van der Waals surface area contributed by atoms with Crippen molar-refractivity contribution in [1.82, 2.24) is 5.32 Å². The quantitative estimate of drug-likeness (QED) is 0.316. The summed E-state index contributed by atoms with van der Waals surface area (Å²) in [6, 6.07) is 12.7. The van der Waals surface area contributed by atoms with Gasteiger partial charge in [0.05, 0.1) is 4.92 Å². The smallest absolute Gasteiger partial charge is 0.270 e. The second-order valence-corrected chi connectivity index (χ2v) is 5.80. The number of anilines is 2. The normalized spacial score (nSPS) is 10.3. The lowest BCUT2D eigenvalue weighted by Gasteiger charge is -2.09. The topological polar surface area (TPSA) is 113 Å². The zero-order valence-electron chi connectivity index (χ0n) is 14.3. The first-order valence-corrected chi connectivity index (χ1v) is 8.16. The second kappa shape index (κ2) is 9.20. The highest BCUT2D eigenvalue weighted by atomic mass is 32.1. The van der Waals surface area contributed by atoms with E-state index in [0.29, 0.717) is 16.9 Å². The molecule has 0 aliphatic carbocycles. The summed E-state index contributed by atoms with van der Waals surface area (Å²) in [5.74, 6) is -0.650. The molecule has 0 heterocycles. The third-order valence-electron chi connectivity index (χ3n) is 3.21. The molecule has 0 aliphatic rings. The van der Waals surface area contributed by atoms with E-state index >= 15 is 0 Å². The minimum atomic E-state index is -0.506. The fraction of sp³-hybridized carbons (Fsp3) is 0.0556. The van der Waals surface area contributed by atoms with E-state index in [2.05, 4.69) is 16.0 Å². The lowest BCUT2D eigenvalue weighted by molar-refractivity contribution is -0.384. The minimum Gasteiger partial charge on any atom is -0.332 e. The van der Waals surface area contributed by atoms with Crippen LogP contribution < -0.4 is 16.0 Å². The molecule has 2 rings (SSSR count). The molecule has 0 saturated heterocycles. The van der Waals surface area contributed by atoms with Crippen LogP contribution in [-0.4, -0.2) is 21.9 Å². The van der Waals surface area contributed by atoms with Crippen LogP contribution in [0.4, 0.5) is 17.1 Å². The molecule has 0 aliphatic heterocycles. The van der Waals surface area contributed by atoms with Crippen molar-refractivity contribution in [3.05, 3.63) is 70.3 Å². The van der Waals surface area contributed by atoms with Crippen LogP contribution in [-0.2, 0) is 9.59 Å². The van der Waals surface area contributed by atoms with Crippen LogP contribution in [0.2, 0.25) is 0 Å². The van der Waals surface area contributed by atoms with Crippen molar-refractivity contribution in [2.75, 3.05) is 10.6 Å². The first-order chi connectivity index (χ1) is 12.8. The highest BCUT2D eigenvalue weighted by Crippen LogP contribution is 2.14. The Kier molecular flexibility index (Phi) is 6.73. The number of carbonyl (C=O) groups is 2. The molecular weight excluding hydrogens is 368 g/mol. The summed E-state index contributed by atoms with van der Waals surface area (Å²) in [4.78, 5) is 33.1. The van der Waals surface area contributed by atoms with Gasteiger partial charge < -0.3 is 10.6 Å². The SMILES string of the molecule is CC(=O)Nc1ccc(NC(=S)NC(=O)/C=C/c2cccc([N+](=O)[O-])c2)cc1. The van der Waals surface area contributed by atoms with E-state index in [1.807, 2.05) is 0 Å². The van der Waals surface area contributed by atoms with Crippen LogP contribution in [0.1, 0.15) is 12.5 Å². The van der Waals surface area contributed by atoms with Crippen molar-refractivity contribution in [3.8, 4) is 0 Å². The van der Waals surface area contributed by atoms with Gasteiger partial charge in [0.15, 0.2) is 5.11 Å². The molecule has 0 bridgehead atoms. The highest BCUT2D eigenvalue weighted by molar-refractivity contribution is 7.80. The van der Waals surface area contributed by atoms with E-state index < -0.39 is 10.8 Å². The number of rotatable bonds is 5. The number of nitrogens with zero attached hydrogens (tertiary/aromatic N) is 1. The van der Waals surface area contributed by atoms with Crippen molar-refractivity contribution >= 4 is 52.3 Å². The molecule has 0 spiro atoms. The summed E-state index contributed by atoms with van der Waals surface area (Å²) in [5, 5.41) is 18.8.